The molecule has 1 aromatic carbocycles. The summed E-state index contributed by atoms with van der Waals surface area (Å²) in [7, 11) is -2.84. The molecule has 1 aliphatic rings. The van der Waals surface area contributed by atoms with E-state index in [0.29, 0.717) is 12.7 Å². The molecule has 1 heterocycles. The van der Waals surface area contributed by atoms with E-state index in [9.17, 15) is 26.4 Å². The maximum atomic E-state index is 13.2. The molecule has 6 nitrogen and oxygen atoms in total. The Hall–Kier alpha value is -1.65. The molecule has 1 aliphatic heterocycles. The lowest BCUT2D eigenvalue weighted by molar-refractivity contribution is -0.138. The van der Waals surface area contributed by atoms with Crippen molar-refractivity contribution in [1.82, 2.24) is 4.31 Å². The normalized spacial score (nSPS) is 18.8. The van der Waals surface area contributed by atoms with Gasteiger partial charge in [0.05, 0.1) is 23.2 Å². The van der Waals surface area contributed by atoms with E-state index in [1.165, 1.54) is 13.1 Å². The second-order valence-electron chi connectivity index (χ2n) is 6.36. The molecule has 0 aromatic heterocycles. The number of aliphatic carboxylic acids is 1. The highest BCUT2D eigenvalue weighted by molar-refractivity contribution is 7.89. The fourth-order valence-electron chi connectivity index (χ4n) is 2.46. The average molecular weight is 395 g/mol. The summed E-state index contributed by atoms with van der Waals surface area (Å²) < 4.78 is 70.8. The van der Waals surface area contributed by atoms with Crippen molar-refractivity contribution in [2.75, 3.05) is 20.2 Å². The zero-order chi connectivity index (χ0) is 19.7. The molecule has 1 N–H and O–H groups in total. The summed E-state index contributed by atoms with van der Waals surface area (Å²) in [6.45, 7) is 2.04. The van der Waals surface area contributed by atoms with Crippen LogP contribution >= 0.6 is 0 Å². The first-order chi connectivity index (χ1) is 11.9. The quantitative estimate of drug-likeness (QED) is 0.684. The lowest BCUT2D eigenvalue weighted by Gasteiger charge is -2.20. The summed E-state index contributed by atoms with van der Waals surface area (Å²) in [6.07, 6.45) is -5.08. The Morgan fingerprint density at radius 1 is 1.38 bits per heavy atom. The van der Waals surface area contributed by atoms with Crippen LogP contribution < -0.4 is 0 Å². The number of carbonyl (C=O) groups is 1. The highest BCUT2D eigenvalue weighted by Crippen LogP contribution is 2.35. The molecule has 1 saturated heterocycles. The van der Waals surface area contributed by atoms with Gasteiger partial charge in [-0.05, 0) is 36.1 Å². The molecular weight excluding hydrogens is 375 g/mol. The number of nitrogens with zero attached hydrogens (tertiary/aromatic N) is 1. The molecule has 0 saturated carbocycles. The number of benzene rings is 1. The van der Waals surface area contributed by atoms with Crippen LogP contribution in [-0.4, -0.2) is 50.1 Å². The Bertz CT molecular complexity index is 775. The van der Waals surface area contributed by atoms with Gasteiger partial charge in [0.2, 0.25) is 10.0 Å². The third-order valence-corrected chi connectivity index (χ3v) is 5.99. The molecule has 0 aliphatic carbocycles. The summed E-state index contributed by atoms with van der Waals surface area (Å²) in [4.78, 5) is 10.2. The van der Waals surface area contributed by atoms with E-state index in [1.807, 2.05) is 0 Å². The van der Waals surface area contributed by atoms with Gasteiger partial charge in [0.1, 0.15) is 0 Å². The second kappa shape index (κ2) is 7.53. The topological polar surface area (TPSA) is 87.2 Å². The number of hydrogen-bond donors (Lipinski definition) is 1. The molecule has 1 unspecified atom stereocenters. The zero-order valence-electron chi connectivity index (χ0n) is 14.3. The highest BCUT2D eigenvalue weighted by Gasteiger charge is 2.35. The molecule has 26 heavy (non-hydrogen) atoms. The van der Waals surface area contributed by atoms with E-state index >= 15 is 0 Å². The maximum absolute atomic E-state index is 13.2. The van der Waals surface area contributed by atoms with Gasteiger partial charge in [0.25, 0.3) is 0 Å². The van der Waals surface area contributed by atoms with E-state index in [4.69, 9.17) is 9.84 Å². The molecule has 10 heteroatoms. The van der Waals surface area contributed by atoms with Gasteiger partial charge in [-0.15, -0.1) is 0 Å². The Morgan fingerprint density at radius 2 is 2.00 bits per heavy atom. The number of ether oxygens (including phenoxy) is 1. The van der Waals surface area contributed by atoms with E-state index in [2.05, 4.69) is 0 Å². The van der Waals surface area contributed by atoms with Gasteiger partial charge in [-0.25, -0.2) is 8.42 Å². The van der Waals surface area contributed by atoms with Crippen molar-refractivity contribution in [3.05, 3.63) is 29.3 Å². The van der Waals surface area contributed by atoms with Crippen LogP contribution in [0.2, 0.25) is 0 Å². The highest BCUT2D eigenvalue weighted by atomic mass is 32.2. The molecule has 0 amide bonds. The smallest absolute Gasteiger partial charge is 0.416 e. The van der Waals surface area contributed by atoms with E-state index in [0.717, 1.165) is 10.4 Å². The molecular formula is C16H20F3NO5S. The second-order valence-corrected chi connectivity index (χ2v) is 8.41. The first-order valence-corrected chi connectivity index (χ1v) is 9.37. The number of alkyl halides is 3. The molecule has 1 aromatic rings. The molecule has 0 spiro atoms. The number of rotatable bonds is 8. The fourth-order valence-corrected chi connectivity index (χ4v) is 3.75. The molecule has 2 atom stereocenters. The minimum atomic E-state index is -4.72. The van der Waals surface area contributed by atoms with Gasteiger partial charge in [0.15, 0.2) is 0 Å². The molecule has 1 fully saturated rings. The lowest BCUT2D eigenvalue weighted by Crippen LogP contribution is -2.31. The van der Waals surface area contributed by atoms with Crippen LogP contribution in [0, 0.1) is 0 Å². The van der Waals surface area contributed by atoms with Crippen LogP contribution in [0.1, 0.15) is 36.8 Å². The Kier molecular flexibility index (Phi) is 5.99. The molecule has 2 rings (SSSR count). The van der Waals surface area contributed by atoms with Crippen LogP contribution in [-0.2, 0) is 25.7 Å². The summed E-state index contributed by atoms with van der Waals surface area (Å²) in [5.74, 6) is -1.61. The first-order valence-electron chi connectivity index (χ1n) is 7.93. The van der Waals surface area contributed by atoms with E-state index in [1.54, 1.807) is 6.92 Å². The third kappa shape index (κ3) is 5.18. The predicted octanol–water partition coefficient (Wildman–Crippen LogP) is 2.69. The van der Waals surface area contributed by atoms with E-state index in [-0.39, 0.29) is 31.1 Å². The van der Waals surface area contributed by atoms with Gasteiger partial charge in [-0.1, -0.05) is 6.92 Å². The zero-order valence-corrected chi connectivity index (χ0v) is 15.1. The standard InChI is InChI=1S/C16H20F3NO5S/c1-10(3-4-15(21)22)11-5-12(16(17,18)19)7-14(6-11)26(23,24)20(2)8-13-9-25-13/h5-7,10,13H,3-4,8-9H2,1-2H3,(H,21,22)/t10-,13?/m0/s1. The van der Waals surface area contributed by atoms with Crippen LogP contribution in [0.25, 0.3) is 0 Å². The molecule has 0 bridgehead atoms. The predicted molar refractivity (Wildman–Crippen MR) is 86.3 cm³/mol. The Balaban J connectivity index is 2.40. The first kappa shape index (κ1) is 20.7. The summed E-state index contributed by atoms with van der Waals surface area (Å²) in [6, 6.07) is 2.66. The summed E-state index contributed by atoms with van der Waals surface area (Å²) >= 11 is 0. The van der Waals surface area contributed by atoms with Crippen LogP contribution in [0.15, 0.2) is 23.1 Å². The van der Waals surface area contributed by atoms with Gasteiger partial charge in [-0.2, -0.15) is 17.5 Å². The Labute approximate surface area is 149 Å². The third-order valence-electron chi connectivity index (χ3n) is 4.19. The van der Waals surface area contributed by atoms with Crippen molar-refractivity contribution in [1.29, 1.82) is 0 Å². The van der Waals surface area contributed by atoms with Crippen molar-refractivity contribution in [3.63, 3.8) is 0 Å². The Morgan fingerprint density at radius 3 is 2.50 bits per heavy atom. The summed E-state index contributed by atoms with van der Waals surface area (Å²) in [5, 5.41) is 8.75. The average Bonchev–Trinajstić information content (AvgIpc) is 3.35. The van der Waals surface area contributed by atoms with Gasteiger partial charge in [0, 0.05) is 20.0 Å². The van der Waals surface area contributed by atoms with Crippen LogP contribution in [0.4, 0.5) is 13.2 Å². The van der Waals surface area contributed by atoms with Gasteiger partial charge < -0.3 is 9.84 Å². The minimum Gasteiger partial charge on any atom is -0.481 e. The van der Waals surface area contributed by atoms with Crippen molar-refractivity contribution in [2.24, 2.45) is 0 Å². The van der Waals surface area contributed by atoms with Gasteiger partial charge in [-0.3, -0.25) is 4.79 Å². The number of sulfonamides is 1. The SMILES string of the molecule is C[C@@H](CCC(=O)O)c1cc(C(F)(F)F)cc(S(=O)(=O)N(C)CC2CO2)c1. The van der Waals surface area contributed by atoms with Crippen LogP contribution in [0.3, 0.4) is 0 Å². The maximum Gasteiger partial charge on any atom is 0.416 e. The number of likely N-dealkylation sites (N-methyl/N-ethyl adjacent to an activating group) is 1. The van der Waals surface area contributed by atoms with E-state index < -0.39 is 38.5 Å². The number of epoxide rings is 1. The lowest BCUT2D eigenvalue weighted by atomic mass is 9.94. The van der Waals surface area contributed by atoms with Crippen molar-refractivity contribution >= 4 is 16.0 Å². The summed E-state index contributed by atoms with van der Waals surface area (Å²) in [5.41, 5.74) is -0.942. The monoisotopic (exact) mass is 395 g/mol. The van der Waals surface area contributed by atoms with Crippen LogP contribution in [0.5, 0.6) is 0 Å². The van der Waals surface area contributed by atoms with Crippen molar-refractivity contribution < 1.29 is 36.2 Å². The van der Waals surface area contributed by atoms with Crippen molar-refractivity contribution in [2.45, 2.75) is 42.9 Å². The number of halogens is 3. The fraction of sp³-hybridized carbons (Fsp3) is 0.562. The van der Waals surface area contributed by atoms with Crippen molar-refractivity contribution in [3.8, 4) is 0 Å². The molecule has 0 radical (unpaired) electrons. The minimum absolute atomic E-state index is 0.0580. The largest absolute Gasteiger partial charge is 0.481 e. The van der Waals surface area contributed by atoms with Gasteiger partial charge >= 0.3 is 12.1 Å². The number of carboxylic acid groups (broad SMARTS) is 1. The number of carboxylic acids is 1. The number of hydrogen-bond acceptors (Lipinski definition) is 4. The molecule has 146 valence electrons.